The molecular formula is C29H43N3O7. The molecule has 10 nitrogen and oxygen atoms in total. The Hall–Kier alpha value is -3.30. The van der Waals surface area contributed by atoms with Crippen LogP contribution in [0, 0.1) is 5.41 Å². The molecule has 0 aliphatic carbocycles. The summed E-state index contributed by atoms with van der Waals surface area (Å²) in [6.07, 6.45) is 1.40. The fourth-order valence-corrected chi connectivity index (χ4v) is 4.97. The smallest absolute Gasteiger partial charge is 0.410 e. The standard InChI is InChI=1S/C29H43N3O7/c1-6-37-24(33)20-32(23-13-10-16-31(19-23)27(36)39-28(2,3)4)25(34)29(5)14-17-30(18-15-29)26(35)38-21-22-11-8-7-9-12-22/h7-9,11-12,23H,6,10,13-21H2,1-5H3/t23-/m0/s1. The fourth-order valence-electron chi connectivity index (χ4n) is 4.97. The van der Waals surface area contributed by atoms with E-state index in [9.17, 15) is 19.2 Å². The summed E-state index contributed by atoms with van der Waals surface area (Å²) in [5.41, 5.74) is -0.490. The first-order valence-corrected chi connectivity index (χ1v) is 13.8. The van der Waals surface area contributed by atoms with Gasteiger partial charge >= 0.3 is 18.2 Å². The molecule has 0 N–H and O–H groups in total. The van der Waals surface area contributed by atoms with Gasteiger partial charge in [0, 0.05) is 31.6 Å². The van der Waals surface area contributed by atoms with Crippen LogP contribution >= 0.6 is 0 Å². The minimum Gasteiger partial charge on any atom is -0.465 e. The SMILES string of the molecule is CCOC(=O)CN(C(=O)C1(C)CCN(C(=O)OCc2ccccc2)CC1)[C@H]1CCCN(C(=O)OC(C)(C)C)C1. The Bertz CT molecular complexity index is 1000. The van der Waals surface area contributed by atoms with E-state index in [-0.39, 0.29) is 38.3 Å². The third-order valence-electron chi connectivity index (χ3n) is 7.20. The van der Waals surface area contributed by atoms with Crippen molar-refractivity contribution in [1.29, 1.82) is 0 Å². The summed E-state index contributed by atoms with van der Waals surface area (Å²) >= 11 is 0. The van der Waals surface area contributed by atoms with Crippen LogP contribution < -0.4 is 0 Å². The average molecular weight is 546 g/mol. The zero-order chi connectivity index (χ0) is 28.6. The quantitative estimate of drug-likeness (QED) is 0.373. The number of hydrogen-bond donors (Lipinski definition) is 0. The predicted octanol–water partition coefficient (Wildman–Crippen LogP) is 4.22. The van der Waals surface area contributed by atoms with Crippen LogP contribution in [0.25, 0.3) is 0 Å². The van der Waals surface area contributed by atoms with Crippen LogP contribution in [0.15, 0.2) is 30.3 Å². The highest BCUT2D eigenvalue weighted by atomic mass is 16.6. The van der Waals surface area contributed by atoms with Gasteiger partial charge in [-0.15, -0.1) is 0 Å². The maximum absolute atomic E-state index is 14.0. The van der Waals surface area contributed by atoms with Crippen molar-refractivity contribution in [2.24, 2.45) is 5.41 Å². The molecule has 2 aliphatic heterocycles. The highest BCUT2D eigenvalue weighted by Crippen LogP contribution is 2.35. The lowest BCUT2D eigenvalue weighted by atomic mass is 9.78. The van der Waals surface area contributed by atoms with Gasteiger partial charge in [0.1, 0.15) is 18.8 Å². The van der Waals surface area contributed by atoms with E-state index in [4.69, 9.17) is 14.2 Å². The van der Waals surface area contributed by atoms with Crippen molar-refractivity contribution in [2.75, 3.05) is 39.3 Å². The molecule has 39 heavy (non-hydrogen) atoms. The lowest BCUT2D eigenvalue weighted by molar-refractivity contribution is -0.157. The molecule has 216 valence electrons. The lowest BCUT2D eigenvalue weighted by Gasteiger charge is -2.44. The number of hydrogen-bond acceptors (Lipinski definition) is 7. The number of benzene rings is 1. The minimum atomic E-state index is -0.767. The van der Waals surface area contributed by atoms with E-state index in [0.29, 0.717) is 45.3 Å². The van der Waals surface area contributed by atoms with Gasteiger partial charge in [0.25, 0.3) is 0 Å². The topological polar surface area (TPSA) is 106 Å². The predicted molar refractivity (Wildman–Crippen MR) is 145 cm³/mol. The molecule has 2 saturated heterocycles. The van der Waals surface area contributed by atoms with Crippen LogP contribution in [0.2, 0.25) is 0 Å². The second kappa shape index (κ2) is 13.2. The van der Waals surface area contributed by atoms with Gasteiger partial charge < -0.3 is 28.9 Å². The summed E-state index contributed by atoms with van der Waals surface area (Å²) in [4.78, 5) is 56.7. The van der Waals surface area contributed by atoms with Crippen molar-refractivity contribution >= 4 is 24.1 Å². The fraction of sp³-hybridized carbons (Fsp3) is 0.655. The van der Waals surface area contributed by atoms with Gasteiger partial charge in [-0.3, -0.25) is 9.59 Å². The molecule has 3 rings (SSSR count). The molecule has 2 heterocycles. The summed E-state index contributed by atoms with van der Waals surface area (Å²) in [5.74, 6) is -0.644. The number of ether oxygens (including phenoxy) is 3. The first-order chi connectivity index (χ1) is 18.4. The number of esters is 1. The molecule has 0 unspecified atom stereocenters. The minimum absolute atomic E-state index is 0.163. The molecular weight excluding hydrogens is 502 g/mol. The molecule has 1 atom stereocenters. The second-order valence-corrected chi connectivity index (χ2v) is 11.5. The first kappa shape index (κ1) is 30.2. The molecule has 2 aliphatic rings. The first-order valence-electron chi connectivity index (χ1n) is 13.8. The summed E-state index contributed by atoms with van der Waals surface area (Å²) in [6.45, 7) is 10.8. The van der Waals surface area contributed by atoms with Gasteiger partial charge in [-0.05, 0) is 58.9 Å². The van der Waals surface area contributed by atoms with Crippen LogP contribution in [0.5, 0.6) is 0 Å². The molecule has 10 heteroatoms. The van der Waals surface area contributed by atoms with Gasteiger partial charge in [-0.2, -0.15) is 0 Å². The Balaban J connectivity index is 1.66. The highest BCUT2D eigenvalue weighted by molar-refractivity contribution is 5.87. The van der Waals surface area contributed by atoms with E-state index in [0.717, 1.165) is 5.56 Å². The Morgan fingerprint density at radius 1 is 0.974 bits per heavy atom. The molecule has 0 aromatic heterocycles. The molecule has 2 fully saturated rings. The summed E-state index contributed by atoms with van der Waals surface area (Å²) in [5, 5.41) is 0. The van der Waals surface area contributed by atoms with Crippen molar-refractivity contribution in [1.82, 2.24) is 14.7 Å². The number of rotatable bonds is 7. The monoisotopic (exact) mass is 545 g/mol. The largest absolute Gasteiger partial charge is 0.465 e. The zero-order valence-corrected chi connectivity index (χ0v) is 23.9. The maximum atomic E-state index is 14.0. The Morgan fingerprint density at radius 2 is 1.64 bits per heavy atom. The number of nitrogens with zero attached hydrogens (tertiary/aromatic N) is 3. The zero-order valence-electron chi connectivity index (χ0n) is 23.9. The second-order valence-electron chi connectivity index (χ2n) is 11.5. The number of carbonyl (C=O) groups excluding carboxylic acids is 4. The molecule has 1 aromatic rings. The normalized spacial score (nSPS) is 19.2. The van der Waals surface area contributed by atoms with Gasteiger partial charge in [0.2, 0.25) is 5.91 Å². The van der Waals surface area contributed by atoms with Crippen molar-refractivity contribution in [3.63, 3.8) is 0 Å². The number of amides is 3. The Morgan fingerprint density at radius 3 is 2.26 bits per heavy atom. The van der Waals surface area contributed by atoms with Gasteiger partial charge in [-0.1, -0.05) is 37.3 Å². The molecule has 0 bridgehead atoms. The van der Waals surface area contributed by atoms with Gasteiger partial charge in [-0.25, -0.2) is 9.59 Å². The van der Waals surface area contributed by atoms with Crippen molar-refractivity contribution in [2.45, 2.75) is 78.6 Å². The molecule has 1 aromatic carbocycles. The number of likely N-dealkylation sites (tertiary alicyclic amines) is 2. The van der Waals surface area contributed by atoms with Crippen LogP contribution in [-0.2, 0) is 30.4 Å². The highest BCUT2D eigenvalue weighted by Gasteiger charge is 2.44. The van der Waals surface area contributed by atoms with Crippen LogP contribution in [-0.4, -0.2) is 89.7 Å². The number of piperidine rings is 2. The maximum Gasteiger partial charge on any atom is 0.410 e. The van der Waals surface area contributed by atoms with Gasteiger partial charge in [0.05, 0.1) is 12.6 Å². The van der Waals surface area contributed by atoms with Crippen LogP contribution in [0.1, 0.15) is 65.9 Å². The van der Waals surface area contributed by atoms with Crippen LogP contribution in [0.4, 0.5) is 9.59 Å². The third kappa shape index (κ3) is 8.60. The molecule has 0 spiro atoms. The molecule has 3 amide bonds. The molecule has 0 saturated carbocycles. The van der Waals surface area contributed by atoms with Crippen molar-refractivity contribution in [3.8, 4) is 0 Å². The summed E-state index contributed by atoms with van der Waals surface area (Å²) < 4.78 is 16.2. The van der Waals surface area contributed by atoms with E-state index in [2.05, 4.69) is 0 Å². The van der Waals surface area contributed by atoms with Crippen molar-refractivity contribution < 1.29 is 33.4 Å². The van der Waals surface area contributed by atoms with Crippen LogP contribution in [0.3, 0.4) is 0 Å². The van der Waals surface area contributed by atoms with E-state index in [1.54, 1.807) is 21.6 Å². The van der Waals surface area contributed by atoms with E-state index in [1.165, 1.54) is 0 Å². The van der Waals surface area contributed by atoms with Crippen molar-refractivity contribution in [3.05, 3.63) is 35.9 Å². The number of carbonyl (C=O) groups is 4. The lowest BCUT2D eigenvalue weighted by Crippen LogP contribution is -2.58. The summed E-state index contributed by atoms with van der Waals surface area (Å²) in [7, 11) is 0. The van der Waals surface area contributed by atoms with E-state index >= 15 is 0 Å². The molecule has 0 radical (unpaired) electrons. The Kier molecular flexibility index (Phi) is 10.2. The third-order valence-corrected chi connectivity index (χ3v) is 7.20. The summed E-state index contributed by atoms with van der Waals surface area (Å²) in [6, 6.07) is 9.14. The average Bonchev–Trinajstić information content (AvgIpc) is 2.90. The van der Waals surface area contributed by atoms with Gasteiger partial charge in [0.15, 0.2) is 0 Å². The Labute approximate surface area is 231 Å². The van der Waals surface area contributed by atoms with E-state index < -0.39 is 29.2 Å². The van der Waals surface area contributed by atoms with E-state index in [1.807, 2.05) is 58.0 Å².